The molecule has 0 spiro atoms. The van der Waals surface area contributed by atoms with Gasteiger partial charge in [0.2, 0.25) is 0 Å². The van der Waals surface area contributed by atoms with Crippen LogP contribution in [0.5, 0.6) is 0 Å². The second kappa shape index (κ2) is 7.36. The van der Waals surface area contributed by atoms with Crippen LogP contribution in [-0.4, -0.2) is 38.0 Å². The first kappa shape index (κ1) is 15.7. The molecule has 0 aliphatic heterocycles. The molecule has 7 nitrogen and oxygen atoms in total. The molecular formula is C17H18N6O. The molecule has 3 rings (SSSR count). The summed E-state index contributed by atoms with van der Waals surface area (Å²) in [6, 6.07) is 13.3. The van der Waals surface area contributed by atoms with Crippen LogP contribution in [0.3, 0.4) is 0 Å². The fourth-order valence-corrected chi connectivity index (χ4v) is 2.22. The van der Waals surface area contributed by atoms with Crippen LogP contribution in [-0.2, 0) is 13.1 Å². The average Bonchev–Trinajstić information content (AvgIpc) is 3.10. The fraction of sp³-hybridized carbons (Fsp3) is 0.176. The topological polar surface area (TPSA) is 75.9 Å². The third-order valence-electron chi connectivity index (χ3n) is 3.50. The minimum absolute atomic E-state index is 0.166. The lowest BCUT2D eigenvalue weighted by Crippen LogP contribution is -2.36. The molecule has 0 unspecified atom stereocenters. The third-order valence-corrected chi connectivity index (χ3v) is 3.50. The lowest BCUT2D eigenvalue weighted by atomic mass is 10.2. The number of hydrogen-bond donors (Lipinski definition) is 1. The largest absolute Gasteiger partial charge is 0.332 e. The highest BCUT2D eigenvalue weighted by Gasteiger charge is 2.10. The van der Waals surface area contributed by atoms with Gasteiger partial charge in [-0.05, 0) is 29.8 Å². The molecule has 0 saturated carbocycles. The predicted octanol–water partition coefficient (Wildman–Crippen LogP) is 2.00. The highest BCUT2D eigenvalue weighted by Crippen LogP contribution is 2.06. The van der Waals surface area contributed by atoms with Crippen molar-refractivity contribution in [3.05, 3.63) is 72.3 Å². The highest BCUT2D eigenvalue weighted by molar-refractivity contribution is 5.73. The lowest BCUT2D eigenvalue weighted by molar-refractivity contribution is 0.206. The predicted molar refractivity (Wildman–Crippen MR) is 89.3 cm³/mol. The monoisotopic (exact) mass is 322 g/mol. The first-order chi connectivity index (χ1) is 11.7. The molecular weight excluding hydrogens is 304 g/mol. The SMILES string of the molecule is CN(Cc1ccncc1)C(=O)NCc1cn(-c2ccccc2)nn1. The zero-order chi connectivity index (χ0) is 16.8. The average molecular weight is 322 g/mol. The molecule has 0 atom stereocenters. The molecule has 24 heavy (non-hydrogen) atoms. The second-order valence-electron chi connectivity index (χ2n) is 5.36. The summed E-state index contributed by atoms with van der Waals surface area (Å²) >= 11 is 0. The van der Waals surface area contributed by atoms with Gasteiger partial charge in [-0.15, -0.1) is 5.10 Å². The van der Waals surface area contributed by atoms with E-state index in [1.54, 1.807) is 35.2 Å². The number of para-hydroxylation sites is 1. The molecule has 1 N–H and O–H groups in total. The Labute approximate surface area is 139 Å². The van der Waals surface area contributed by atoms with Gasteiger partial charge in [-0.25, -0.2) is 9.48 Å². The zero-order valence-electron chi connectivity index (χ0n) is 13.3. The number of aromatic nitrogens is 4. The number of carbonyl (C=O) groups excluding carboxylic acids is 1. The number of nitrogens with one attached hydrogen (secondary N) is 1. The molecule has 0 bridgehead atoms. The molecule has 3 aromatic rings. The summed E-state index contributed by atoms with van der Waals surface area (Å²) < 4.78 is 1.68. The summed E-state index contributed by atoms with van der Waals surface area (Å²) in [6.07, 6.45) is 5.23. The van der Waals surface area contributed by atoms with Gasteiger partial charge in [0.15, 0.2) is 0 Å². The molecule has 122 valence electrons. The summed E-state index contributed by atoms with van der Waals surface area (Å²) in [5.41, 5.74) is 2.65. The first-order valence-corrected chi connectivity index (χ1v) is 7.57. The van der Waals surface area contributed by atoms with Crippen molar-refractivity contribution >= 4 is 6.03 Å². The van der Waals surface area contributed by atoms with E-state index in [0.717, 1.165) is 11.3 Å². The van der Waals surface area contributed by atoms with Gasteiger partial charge in [-0.3, -0.25) is 4.98 Å². The molecule has 1 aromatic carbocycles. The number of hydrogen-bond acceptors (Lipinski definition) is 4. The Morgan fingerprint density at radius 1 is 1.17 bits per heavy atom. The number of rotatable bonds is 5. The van der Waals surface area contributed by atoms with Gasteiger partial charge in [0, 0.05) is 26.0 Å². The van der Waals surface area contributed by atoms with Crippen molar-refractivity contribution in [1.29, 1.82) is 0 Å². The Morgan fingerprint density at radius 2 is 1.92 bits per heavy atom. The summed E-state index contributed by atoms with van der Waals surface area (Å²) in [5.74, 6) is 0. The van der Waals surface area contributed by atoms with Crippen LogP contribution in [0.4, 0.5) is 4.79 Å². The van der Waals surface area contributed by atoms with Crippen LogP contribution < -0.4 is 5.32 Å². The molecule has 2 aromatic heterocycles. The van der Waals surface area contributed by atoms with Crippen molar-refractivity contribution in [3.63, 3.8) is 0 Å². The van der Waals surface area contributed by atoms with E-state index >= 15 is 0 Å². The van der Waals surface area contributed by atoms with Crippen LogP contribution in [0.2, 0.25) is 0 Å². The highest BCUT2D eigenvalue weighted by atomic mass is 16.2. The Hall–Kier alpha value is -3.22. The van der Waals surface area contributed by atoms with E-state index in [-0.39, 0.29) is 6.03 Å². The lowest BCUT2D eigenvalue weighted by Gasteiger charge is -2.17. The summed E-state index contributed by atoms with van der Waals surface area (Å²) in [5, 5.41) is 11.0. The van der Waals surface area contributed by atoms with E-state index in [4.69, 9.17) is 0 Å². The van der Waals surface area contributed by atoms with Crippen molar-refractivity contribution < 1.29 is 4.79 Å². The number of amides is 2. The van der Waals surface area contributed by atoms with Crippen molar-refractivity contribution in [2.45, 2.75) is 13.1 Å². The van der Waals surface area contributed by atoms with E-state index in [2.05, 4.69) is 20.6 Å². The number of urea groups is 1. The smallest absolute Gasteiger partial charge is 0.317 e. The van der Waals surface area contributed by atoms with E-state index in [9.17, 15) is 4.79 Å². The molecule has 0 aliphatic rings. The van der Waals surface area contributed by atoms with E-state index in [0.29, 0.717) is 18.8 Å². The van der Waals surface area contributed by atoms with Crippen LogP contribution in [0, 0.1) is 0 Å². The number of pyridine rings is 1. The van der Waals surface area contributed by atoms with Gasteiger partial charge in [-0.1, -0.05) is 23.4 Å². The van der Waals surface area contributed by atoms with Gasteiger partial charge in [0.1, 0.15) is 5.69 Å². The van der Waals surface area contributed by atoms with Gasteiger partial charge in [0.25, 0.3) is 0 Å². The van der Waals surface area contributed by atoms with Crippen LogP contribution in [0.15, 0.2) is 61.1 Å². The minimum atomic E-state index is -0.166. The maximum atomic E-state index is 12.1. The van der Waals surface area contributed by atoms with Crippen molar-refractivity contribution in [2.24, 2.45) is 0 Å². The van der Waals surface area contributed by atoms with Gasteiger partial charge in [-0.2, -0.15) is 0 Å². The molecule has 7 heteroatoms. The maximum Gasteiger partial charge on any atom is 0.317 e. The minimum Gasteiger partial charge on any atom is -0.332 e. The molecule has 0 radical (unpaired) electrons. The quantitative estimate of drug-likeness (QED) is 0.779. The first-order valence-electron chi connectivity index (χ1n) is 7.57. The summed E-state index contributed by atoms with van der Waals surface area (Å²) in [4.78, 5) is 17.7. The van der Waals surface area contributed by atoms with Crippen LogP contribution in [0.1, 0.15) is 11.3 Å². The van der Waals surface area contributed by atoms with Gasteiger partial charge < -0.3 is 10.2 Å². The Morgan fingerprint density at radius 3 is 2.67 bits per heavy atom. The zero-order valence-corrected chi connectivity index (χ0v) is 13.3. The maximum absolute atomic E-state index is 12.1. The molecule has 0 aliphatic carbocycles. The molecule has 2 amide bonds. The fourth-order valence-electron chi connectivity index (χ4n) is 2.22. The number of carbonyl (C=O) groups is 1. The van der Waals surface area contributed by atoms with Crippen molar-refractivity contribution in [3.8, 4) is 5.69 Å². The van der Waals surface area contributed by atoms with Crippen LogP contribution >= 0.6 is 0 Å². The normalized spacial score (nSPS) is 10.4. The summed E-state index contributed by atoms with van der Waals surface area (Å²) in [7, 11) is 1.75. The third kappa shape index (κ3) is 3.95. The van der Waals surface area contributed by atoms with E-state index < -0.39 is 0 Å². The van der Waals surface area contributed by atoms with Gasteiger partial charge >= 0.3 is 6.03 Å². The number of nitrogens with zero attached hydrogens (tertiary/aromatic N) is 5. The Balaban J connectivity index is 1.54. The second-order valence-corrected chi connectivity index (χ2v) is 5.36. The van der Waals surface area contributed by atoms with Crippen molar-refractivity contribution in [1.82, 2.24) is 30.2 Å². The molecule has 0 saturated heterocycles. The Kier molecular flexibility index (Phi) is 4.81. The summed E-state index contributed by atoms with van der Waals surface area (Å²) in [6.45, 7) is 0.845. The van der Waals surface area contributed by atoms with Crippen LogP contribution in [0.25, 0.3) is 5.69 Å². The molecule has 0 fully saturated rings. The van der Waals surface area contributed by atoms with Crippen molar-refractivity contribution in [2.75, 3.05) is 7.05 Å². The standard InChI is InChI=1S/C17H18N6O/c1-22(12-14-7-9-18-10-8-14)17(24)19-11-15-13-23(21-20-15)16-5-3-2-4-6-16/h2-10,13H,11-12H2,1H3,(H,19,24). The molecule has 2 heterocycles. The van der Waals surface area contributed by atoms with E-state index in [1.807, 2.05) is 42.5 Å². The van der Waals surface area contributed by atoms with Gasteiger partial charge in [0.05, 0.1) is 18.4 Å². The van der Waals surface area contributed by atoms with E-state index in [1.165, 1.54) is 0 Å². The Bertz CT molecular complexity index is 787. The number of benzene rings is 1.